The zero-order valence-electron chi connectivity index (χ0n) is 11.3. The van der Waals surface area contributed by atoms with Gasteiger partial charge in [0.1, 0.15) is 0 Å². The average Bonchev–Trinajstić information content (AvgIpc) is 2.47. The van der Waals surface area contributed by atoms with Crippen molar-refractivity contribution in [2.75, 3.05) is 24.6 Å². The minimum Gasteiger partial charge on any atom is -0.409 e. The number of aliphatic hydroxyl groups excluding tert-OH is 1. The van der Waals surface area contributed by atoms with E-state index in [1.807, 2.05) is 18.2 Å². The molecule has 6 heteroatoms. The molecule has 20 heavy (non-hydrogen) atoms. The van der Waals surface area contributed by atoms with E-state index in [2.05, 4.69) is 26.0 Å². The van der Waals surface area contributed by atoms with Crippen LogP contribution >= 0.6 is 15.9 Å². The van der Waals surface area contributed by atoms with E-state index in [0.29, 0.717) is 5.92 Å². The van der Waals surface area contributed by atoms with E-state index in [1.165, 1.54) is 0 Å². The fraction of sp³-hybridized carbons (Fsp3) is 0.500. The van der Waals surface area contributed by atoms with E-state index in [9.17, 15) is 0 Å². The molecule has 1 fully saturated rings. The molecule has 4 N–H and O–H groups in total. The zero-order valence-corrected chi connectivity index (χ0v) is 12.9. The highest BCUT2D eigenvalue weighted by Gasteiger charge is 2.22. The monoisotopic (exact) mass is 341 g/mol. The van der Waals surface area contributed by atoms with Gasteiger partial charge in [0, 0.05) is 35.4 Å². The van der Waals surface area contributed by atoms with E-state index in [0.717, 1.165) is 48.1 Å². The topological polar surface area (TPSA) is 82.1 Å². The average molecular weight is 342 g/mol. The van der Waals surface area contributed by atoms with Crippen molar-refractivity contribution in [3.05, 3.63) is 28.2 Å². The number of nitrogens with zero attached hydrogens (tertiary/aromatic N) is 2. The van der Waals surface area contributed by atoms with Gasteiger partial charge in [0.2, 0.25) is 0 Å². The van der Waals surface area contributed by atoms with Gasteiger partial charge in [0.15, 0.2) is 5.84 Å². The van der Waals surface area contributed by atoms with E-state index in [-0.39, 0.29) is 12.4 Å². The number of amidine groups is 1. The van der Waals surface area contributed by atoms with Crippen molar-refractivity contribution in [3.63, 3.8) is 0 Å². The van der Waals surface area contributed by atoms with Crippen LogP contribution in [0.2, 0.25) is 0 Å². The molecule has 0 spiro atoms. The van der Waals surface area contributed by atoms with Gasteiger partial charge in [-0.2, -0.15) is 0 Å². The van der Waals surface area contributed by atoms with Crippen LogP contribution in [0.5, 0.6) is 0 Å². The molecule has 1 heterocycles. The van der Waals surface area contributed by atoms with Gasteiger partial charge in [-0.25, -0.2) is 0 Å². The van der Waals surface area contributed by atoms with Crippen molar-refractivity contribution < 1.29 is 10.3 Å². The Labute approximate surface area is 127 Å². The highest BCUT2D eigenvalue weighted by Crippen LogP contribution is 2.30. The molecule has 0 radical (unpaired) electrons. The molecule has 110 valence electrons. The largest absolute Gasteiger partial charge is 0.409 e. The minimum atomic E-state index is 0.122. The van der Waals surface area contributed by atoms with Gasteiger partial charge in [-0.3, -0.25) is 0 Å². The summed E-state index contributed by atoms with van der Waals surface area (Å²) in [6, 6.07) is 5.73. The molecule has 0 bridgehead atoms. The second-order valence-corrected chi connectivity index (χ2v) is 6.03. The quantitative estimate of drug-likeness (QED) is 0.339. The van der Waals surface area contributed by atoms with E-state index >= 15 is 0 Å². The highest BCUT2D eigenvalue weighted by molar-refractivity contribution is 9.10. The molecule has 0 saturated carbocycles. The van der Waals surface area contributed by atoms with Crippen LogP contribution < -0.4 is 10.6 Å². The lowest BCUT2D eigenvalue weighted by Gasteiger charge is -2.35. The van der Waals surface area contributed by atoms with Gasteiger partial charge in [-0.15, -0.1) is 0 Å². The number of oxime groups is 1. The summed E-state index contributed by atoms with van der Waals surface area (Å²) in [5.41, 5.74) is 7.47. The van der Waals surface area contributed by atoms with Crippen molar-refractivity contribution in [2.24, 2.45) is 16.8 Å². The van der Waals surface area contributed by atoms with Crippen molar-refractivity contribution in [1.29, 1.82) is 0 Å². The number of halogens is 1. The number of benzene rings is 1. The van der Waals surface area contributed by atoms with Crippen molar-refractivity contribution >= 4 is 27.5 Å². The highest BCUT2D eigenvalue weighted by atomic mass is 79.9. The van der Waals surface area contributed by atoms with Crippen LogP contribution in [-0.4, -0.2) is 35.8 Å². The first-order valence-electron chi connectivity index (χ1n) is 6.79. The number of nitrogens with two attached hydrogens (primary N) is 1. The molecule has 5 nitrogen and oxygen atoms in total. The van der Waals surface area contributed by atoms with E-state index in [4.69, 9.17) is 16.0 Å². The fourth-order valence-electron chi connectivity index (χ4n) is 2.74. The summed E-state index contributed by atoms with van der Waals surface area (Å²) in [5, 5.41) is 21.1. The molecule has 1 atom stereocenters. The van der Waals surface area contributed by atoms with Gasteiger partial charge >= 0.3 is 0 Å². The maximum atomic E-state index is 9.10. The van der Waals surface area contributed by atoms with Gasteiger partial charge in [0.05, 0.1) is 0 Å². The van der Waals surface area contributed by atoms with Crippen LogP contribution in [0.4, 0.5) is 5.69 Å². The minimum absolute atomic E-state index is 0.122. The number of hydrogen-bond donors (Lipinski definition) is 3. The molecule has 2 rings (SSSR count). The van der Waals surface area contributed by atoms with Crippen molar-refractivity contribution in [3.8, 4) is 0 Å². The maximum Gasteiger partial charge on any atom is 0.172 e. The molecule has 1 aromatic rings. The summed E-state index contributed by atoms with van der Waals surface area (Å²) >= 11 is 3.47. The Morgan fingerprint density at radius 1 is 1.50 bits per heavy atom. The first-order chi connectivity index (χ1) is 9.65. The molecular formula is C14H20BrN3O2. The normalized spacial score (nSPS) is 20.2. The third-order valence-corrected chi connectivity index (χ3v) is 4.23. The summed E-state index contributed by atoms with van der Waals surface area (Å²) in [7, 11) is 0. The van der Waals surface area contributed by atoms with Gasteiger partial charge in [-0.1, -0.05) is 21.1 Å². The van der Waals surface area contributed by atoms with E-state index < -0.39 is 0 Å². The van der Waals surface area contributed by atoms with Crippen LogP contribution in [0, 0.1) is 5.92 Å². The standard InChI is InChI=1S/C14H20BrN3O2/c15-11-3-4-12(14(16)17-20)13(8-11)18-6-1-2-10(9-18)5-7-19/h3-4,8,10,19-20H,1-2,5-7,9H2,(H2,16,17). The lowest BCUT2D eigenvalue weighted by molar-refractivity contribution is 0.244. The molecule has 1 aliphatic heterocycles. The first-order valence-corrected chi connectivity index (χ1v) is 7.58. The van der Waals surface area contributed by atoms with Crippen LogP contribution in [0.25, 0.3) is 0 Å². The number of aliphatic hydroxyl groups is 1. The molecular weight excluding hydrogens is 322 g/mol. The Balaban J connectivity index is 2.28. The summed E-state index contributed by atoms with van der Waals surface area (Å²) in [4.78, 5) is 2.25. The van der Waals surface area contributed by atoms with Crippen LogP contribution in [0.1, 0.15) is 24.8 Å². The molecule has 1 aliphatic rings. The predicted octanol–water partition coefficient (Wildman–Crippen LogP) is 2.14. The maximum absolute atomic E-state index is 9.10. The molecule has 0 amide bonds. The number of anilines is 1. The molecule has 0 aromatic heterocycles. The Bertz CT molecular complexity index is 491. The second kappa shape index (κ2) is 6.95. The van der Waals surface area contributed by atoms with Crippen molar-refractivity contribution in [1.82, 2.24) is 0 Å². The molecule has 1 unspecified atom stereocenters. The molecule has 0 aliphatic carbocycles. The van der Waals surface area contributed by atoms with Gasteiger partial charge in [0.25, 0.3) is 0 Å². The fourth-order valence-corrected chi connectivity index (χ4v) is 3.09. The predicted molar refractivity (Wildman–Crippen MR) is 83.3 cm³/mol. The van der Waals surface area contributed by atoms with Crippen LogP contribution in [0.3, 0.4) is 0 Å². The van der Waals surface area contributed by atoms with Gasteiger partial charge in [-0.05, 0) is 43.4 Å². The first kappa shape index (κ1) is 15.1. The summed E-state index contributed by atoms with van der Waals surface area (Å²) in [6.07, 6.45) is 3.06. The molecule has 1 aromatic carbocycles. The molecule has 1 saturated heterocycles. The lowest BCUT2D eigenvalue weighted by atomic mass is 9.94. The van der Waals surface area contributed by atoms with Crippen molar-refractivity contribution in [2.45, 2.75) is 19.3 Å². The third kappa shape index (κ3) is 3.43. The Morgan fingerprint density at radius 3 is 3.00 bits per heavy atom. The zero-order chi connectivity index (χ0) is 14.5. The Kier molecular flexibility index (Phi) is 5.25. The number of piperidine rings is 1. The summed E-state index contributed by atoms with van der Waals surface area (Å²) in [5.74, 6) is 0.615. The van der Waals surface area contributed by atoms with Crippen LogP contribution in [0.15, 0.2) is 27.8 Å². The SMILES string of the molecule is N/C(=N/O)c1ccc(Br)cc1N1CCCC(CCO)C1. The summed E-state index contributed by atoms with van der Waals surface area (Å²) in [6.45, 7) is 2.07. The van der Waals surface area contributed by atoms with Crippen LogP contribution in [-0.2, 0) is 0 Å². The number of hydrogen-bond acceptors (Lipinski definition) is 4. The smallest absolute Gasteiger partial charge is 0.172 e. The number of rotatable bonds is 4. The van der Waals surface area contributed by atoms with Gasteiger partial charge < -0.3 is 20.9 Å². The Morgan fingerprint density at radius 2 is 2.30 bits per heavy atom. The second-order valence-electron chi connectivity index (χ2n) is 5.11. The summed E-state index contributed by atoms with van der Waals surface area (Å²) < 4.78 is 0.964. The lowest BCUT2D eigenvalue weighted by Crippen LogP contribution is -2.37. The van der Waals surface area contributed by atoms with E-state index in [1.54, 1.807) is 0 Å². The third-order valence-electron chi connectivity index (χ3n) is 3.74. The Hall–Kier alpha value is -1.27.